The molecule has 5 nitrogen and oxygen atoms in total. The fourth-order valence-electron chi connectivity index (χ4n) is 2.05. The van der Waals surface area contributed by atoms with Crippen molar-refractivity contribution in [3.63, 3.8) is 0 Å². The van der Waals surface area contributed by atoms with Crippen molar-refractivity contribution in [2.75, 3.05) is 7.11 Å². The highest BCUT2D eigenvalue weighted by atomic mass is 16.5. The normalized spacial score (nSPS) is 9.96. The lowest BCUT2D eigenvalue weighted by molar-refractivity contribution is -0.139. The maximum atomic E-state index is 12.5. The van der Waals surface area contributed by atoms with Gasteiger partial charge in [-0.15, -0.1) is 0 Å². The number of rotatable bonds is 6. The van der Waals surface area contributed by atoms with Crippen molar-refractivity contribution in [3.8, 4) is 11.5 Å². The molecule has 0 fully saturated rings. The predicted octanol–water partition coefficient (Wildman–Crippen LogP) is 2.86. The van der Waals surface area contributed by atoms with Gasteiger partial charge in [-0.05, 0) is 6.07 Å². The Morgan fingerprint density at radius 3 is 2.52 bits per heavy atom. The number of ketones is 1. The zero-order valence-electron chi connectivity index (χ0n) is 12.6. The number of hydrogen-bond acceptors (Lipinski definition) is 5. The fraction of sp³-hybridized carbons (Fsp3) is 0.111. The molecule has 0 radical (unpaired) electrons. The van der Waals surface area contributed by atoms with Crippen LogP contribution in [-0.4, -0.2) is 24.0 Å². The second-order valence-corrected chi connectivity index (χ2v) is 4.69. The topological polar surface area (TPSA) is 72.8 Å². The van der Waals surface area contributed by atoms with E-state index in [1.54, 1.807) is 30.3 Å². The average molecular weight is 312 g/mol. The number of carbonyl (C=O) groups excluding carboxylic acids is 2. The van der Waals surface area contributed by atoms with Crippen LogP contribution in [0.4, 0.5) is 0 Å². The molecule has 0 atom stereocenters. The molecule has 118 valence electrons. The molecular formula is C18H16O5. The van der Waals surface area contributed by atoms with Gasteiger partial charge in [0.05, 0.1) is 12.7 Å². The highest BCUT2D eigenvalue weighted by Crippen LogP contribution is 2.30. The van der Waals surface area contributed by atoms with E-state index in [0.717, 1.165) is 6.08 Å². The van der Waals surface area contributed by atoms with Crippen LogP contribution in [0.5, 0.6) is 11.5 Å². The van der Waals surface area contributed by atoms with E-state index in [0.29, 0.717) is 16.9 Å². The Hall–Kier alpha value is -3.08. The summed E-state index contributed by atoms with van der Waals surface area (Å²) in [5.41, 5.74) is 1.03. The number of carbonyl (C=O) groups is 2. The molecule has 0 aliphatic heterocycles. The summed E-state index contributed by atoms with van der Waals surface area (Å²) in [5.74, 6) is -0.795. The monoisotopic (exact) mass is 312 g/mol. The number of benzene rings is 2. The smallest absolute Gasteiger partial charge is 0.330 e. The molecule has 2 aromatic carbocycles. The summed E-state index contributed by atoms with van der Waals surface area (Å²) in [5, 5.41) is 10.1. The number of ether oxygens (including phenoxy) is 2. The molecule has 1 N–H and O–H groups in total. The minimum absolute atomic E-state index is 0.0939. The Kier molecular flexibility index (Phi) is 5.15. The molecule has 2 aromatic rings. The average Bonchev–Trinajstić information content (AvgIpc) is 2.60. The standard InChI is InChI=1S/C18H16O5/c1-3-17(20)23-11-13-9-14(15(19)10-16(13)22-2)18(21)12-7-5-4-6-8-12/h3-10,19H,1,11H2,2H3. The van der Waals surface area contributed by atoms with Crippen LogP contribution in [0.1, 0.15) is 21.5 Å². The van der Waals surface area contributed by atoms with Gasteiger partial charge in [-0.1, -0.05) is 36.9 Å². The van der Waals surface area contributed by atoms with Gasteiger partial charge in [0.25, 0.3) is 0 Å². The van der Waals surface area contributed by atoms with Crippen molar-refractivity contribution in [2.24, 2.45) is 0 Å². The van der Waals surface area contributed by atoms with E-state index in [2.05, 4.69) is 6.58 Å². The summed E-state index contributed by atoms with van der Waals surface area (Å²) in [6, 6.07) is 11.4. The lowest BCUT2D eigenvalue weighted by Gasteiger charge is -2.12. The van der Waals surface area contributed by atoms with Crippen molar-refractivity contribution in [2.45, 2.75) is 6.61 Å². The number of phenolic OH excluding ortho intramolecular Hbond substituents is 1. The lowest BCUT2D eigenvalue weighted by Crippen LogP contribution is -2.06. The van der Waals surface area contributed by atoms with Crippen molar-refractivity contribution in [1.82, 2.24) is 0 Å². The van der Waals surface area contributed by atoms with E-state index in [1.165, 1.54) is 19.2 Å². The highest BCUT2D eigenvalue weighted by molar-refractivity contribution is 6.10. The Morgan fingerprint density at radius 2 is 1.91 bits per heavy atom. The van der Waals surface area contributed by atoms with Gasteiger partial charge in [-0.2, -0.15) is 0 Å². The third-order valence-electron chi connectivity index (χ3n) is 3.22. The summed E-state index contributed by atoms with van der Waals surface area (Å²) in [6.07, 6.45) is 1.04. The zero-order valence-corrected chi connectivity index (χ0v) is 12.6. The molecule has 2 rings (SSSR count). The number of aromatic hydroxyl groups is 1. The maximum Gasteiger partial charge on any atom is 0.330 e. The molecule has 0 aliphatic carbocycles. The first-order valence-corrected chi connectivity index (χ1v) is 6.85. The van der Waals surface area contributed by atoms with Gasteiger partial charge in [-0.3, -0.25) is 4.79 Å². The first-order valence-electron chi connectivity index (χ1n) is 6.85. The van der Waals surface area contributed by atoms with Crippen molar-refractivity contribution in [3.05, 3.63) is 71.8 Å². The van der Waals surface area contributed by atoms with Crippen LogP contribution in [0, 0.1) is 0 Å². The van der Waals surface area contributed by atoms with Crippen LogP contribution >= 0.6 is 0 Å². The summed E-state index contributed by atoms with van der Waals surface area (Å²) in [6.45, 7) is 3.22. The van der Waals surface area contributed by atoms with E-state index in [9.17, 15) is 14.7 Å². The summed E-state index contributed by atoms with van der Waals surface area (Å²) in [4.78, 5) is 23.7. The SMILES string of the molecule is C=CC(=O)OCc1cc(C(=O)c2ccccc2)c(O)cc1OC. The van der Waals surface area contributed by atoms with E-state index < -0.39 is 5.97 Å². The van der Waals surface area contributed by atoms with Gasteiger partial charge < -0.3 is 14.6 Å². The molecule has 5 heteroatoms. The van der Waals surface area contributed by atoms with Gasteiger partial charge in [0.2, 0.25) is 0 Å². The molecule has 0 saturated carbocycles. The summed E-state index contributed by atoms with van der Waals surface area (Å²) < 4.78 is 10.1. The van der Waals surface area contributed by atoms with Gasteiger partial charge in [0.1, 0.15) is 18.1 Å². The van der Waals surface area contributed by atoms with Gasteiger partial charge in [-0.25, -0.2) is 4.79 Å². The lowest BCUT2D eigenvalue weighted by atomic mass is 10.00. The molecule has 0 heterocycles. The Morgan fingerprint density at radius 1 is 1.22 bits per heavy atom. The number of methoxy groups -OCH3 is 1. The third-order valence-corrected chi connectivity index (χ3v) is 3.22. The molecule has 0 bridgehead atoms. The molecule has 0 unspecified atom stereocenters. The van der Waals surface area contributed by atoms with Gasteiger partial charge >= 0.3 is 5.97 Å². The minimum Gasteiger partial charge on any atom is -0.507 e. The zero-order chi connectivity index (χ0) is 16.8. The van der Waals surface area contributed by atoms with Crippen molar-refractivity contribution < 1.29 is 24.2 Å². The molecule has 0 saturated heterocycles. The first kappa shape index (κ1) is 16.3. The van der Waals surface area contributed by atoms with Gasteiger partial charge in [0, 0.05) is 23.3 Å². The van der Waals surface area contributed by atoms with Crippen LogP contribution in [0.15, 0.2) is 55.1 Å². The largest absolute Gasteiger partial charge is 0.507 e. The van der Waals surface area contributed by atoms with Crippen molar-refractivity contribution in [1.29, 1.82) is 0 Å². The van der Waals surface area contributed by atoms with E-state index >= 15 is 0 Å². The molecule has 0 aromatic heterocycles. The summed E-state index contributed by atoms with van der Waals surface area (Å²) in [7, 11) is 1.42. The second-order valence-electron chi connectivity index (χ2n) is 4.69. The summed E-state index contributed by atoms with van der Waals surface area (Å²) >= 11 is 0. The molecule has 23 heavy (non-hydrogen) atoms. The Bertz CT molecular complexity index is 735. The fourth-order valence-corrected chi connectivity index (χ4v) is 2.05. The van der Waals surface area contributed by atoms with E-state index in [1.807, 2.05) is 0 Å². The van der Waals surface area contributed by atoms with Gasteiger partial charge in [0.15, 0.2) is 5.78 Å². The Labute approximate surface area is 133 Å². The first-order chi connectivity index (χ1) is 11.1. The predicted molar refractivity (Wildman–Crippen MR) is 84.5 cm³/mol. The van der Waals surface area contributed by atoms with Crippen LogP contribution in [0.2, 0.25) is 0 Å². The third kappa shape index (κ3) is 3.77. The minimum atomic E-state index is -0.587. The number of phenols is 1. The van der Waals surface area contributed by atoms with Crippen LogP contribution in [-0.2, 0) is 16.1 Å². The number of hydrogen-bond donors (Lipinski definition) is 1. The van der Waals surface area contributed by atoms with Crippen LogP contribution in [0.25, 0.3) is 0 Å². The second kappa shape index (κ2) is 7.26. The molecular weight excluding hydrogens is 296 g/mol. The molecule has 0 spiro atoms. The maximum absolute atomic E-state index is 12.5. The quantitative estimate of drug-likeness (QED) is 0.504. The van der Waals surface area contributed by atoms with Crippen LogP contribution < -0.4 is 4.74 Å². The molecule has 0 amide bonds. The van der Waals surface area contributed by atoms with Crippen molar-refractivity contribution >= 4 is 11.8 Å². The van der Waals surface area contributed by atoms with E-state index in [-0.39, 0.29) is 23.7 Å². The number of esters is 1. The Balaban J connectivity index is 2.38. The van der Waals surface area contributed by atoms with E-state index in [4.69, 9.17) is 9.47 Å². The van der Waals surface area contributed by atoms with Crippen LogP contribution in [0.3, 0.4) is 0 Å². The molecule has 0 aliphatic rings. The highest BCUT2D eigenvalue weighted by Gasteiger charge is 2.18.